The minimum absolute atomic E-state index is 0.147. The number of sulfonamides is 1. The van der Waals surface area contributed by atoms with Crippen molar-refractivity contribution in [3.63, 3.8) is 0 Å². The SMILES string of the molecule is Cc1ccc(S(=O)(=O)N/N=C\c2ccc(COc3ccc(F)cc3)o2)c(C)c1. The van der Waals surface area contributed by atoms with E-state index in [0.29, 0.717) is 22.8 Å². The number of furan rings is 1. The van der Waals surface area contributed by atoms with Gasteiger partial charge in [0.25, 0.3) is 10.0 Å². The number of rotatable bonds is 7. The smallest absolute Gasteiger partial charge is 0.276 e. The van der Waals surface area contributed by atoms with Crippen molar-refractivity contribution in [2.45, 2.75) is 25.3 Å². The lowest BCUT2D eigenvalue weighted by Gasteiger charge is -2.07. The molecule has 0 spiro atoms. The van der Waals surface area contributed by atoms with Crippen LogP contribution in [0.15, 0.2) is 69.0 Å². The van der Waals surface area contributed by atoms with Crippen LogP contribution in [0.5, 0.6) is 5.75 Å². The van der Waals surface area contributed by atoms with Crippen LogP contribution in [0, 0.1) is 19.7 Å². The minimum atomic E-state index is -3.77. The largest absolute Gasteiger partial charge is 0.486 e. The van der Waals surface area contributed by atoms with Crippen LogP contribution in [0.4, 0.5) is 4.39 Å². The second-order valence-electron chi connectivity index (χ2n) is 6.17. The number of nitrogens with one attached hydrogen (secondary N) is 1. The first-order valence-electron chi connectivity index (χ1n) is 8.43. The summed E-state index contributed by atoms with van der Waals surface area (Å²) < 4.78 is 48.5. The second-order valence-corrected chi connectivity index (χ2v) is 7.80. The van der Waals surface area contributed by atoms with Crippen molar-refractivity contribution in [1.29, 1.82) is 0 Å². The number of ether oxygens (including phenoxy) is 1. The van der Waals surface area contributed by atoms with Gasteiger partial charge in [-0.2, -0.15) is 18.4 Å². The highest BCUT2D eigenvalue weighted by Crippen LogP contribution is 2.17. The first-order valence-corrected chi connectivity index (χ1v) is 9.91. The number of hydrazone groups is 1. The van der Waals surface area contributed by atoms with Gasteiger partial charge in [-0.25, -0.2) is 4.39 Å². The number of hydrogen-bond donors (Lipinski definition) is 1. The van der Waals surface area contributed by atoms with Gasteiger partial charge in [0.15, 0.2) is 0 Å². The Labute approximate surface area is 162 Å². The zero-order valence-corrected chi connectivity index (χ0v) is 16.2. The molecule has 3 aromatic rings. The fourth-order valence-corrected chi connectivity index (χ4v) is 3.56. The molecule has 2 aromatic carbocycles. The molecule has 1 N–H and O–H groups in total. The fraction of sp³-hybridized carbons (Fsp3) is 0.150. The van der Waals surface area contributed by atoms with Gasteiger partial charge in [-0.05, 0) is 61.9 Å². The Bertz CT molecular complexity index is 1090. The first-order chi connectivity index (χ1) is 13.3. The van der Waals surface area contributed by atoms with E-state index >= 15 is 0 Å². The molecule has 3 rings (SSSR count). The van der Waals surface area contributed by atoms with Crippen molar-refractivity contribution >= 4 is 16.2 Å². The van der Waals surface area contributed by atoms with Gasteiger partial charge in [-0.15, -0.1) is 0 Å². The summed E-state index contributed by atoms with van der Waals surface area (Å²) in [6.45, 7) is 3.77. The first kappa shape index (κ1) is 19.6. The monoisotopic (exact) mass is 402 g/mol. The van der Waals surface area contributed by atoms with Crippen molar-refractivity contribution in [2.24, 2.45) is 5.10 Å². The summed E-state index contributed by atoms with van der Waals surface area (Å²) in [5, 5.41) is 3.76. The molecular weight excluding hydrogens is 383 g/mol. The van der Waals surface area contributed by atoms with Gasteiger partial charge in [-0.1, -0.05) is 17.7 Å². The Morgan fingerprint density at radius 1 is 1.11 bits per heavy atom. The Kier molecular flexibility index (Phi) is 5.79. The van der Waals surface area contributed by atoms with E-state index in [4.69, 9.17) is 9.15 Å². The highest BCUT2D eigenvalue weighted by molar-refractivity contribution is 7.89. The zero-order chi connectivity index (χ0) is 20.1. The Balaban J connectivity index is 1.59. The minimum Gasteiger partial charge on any atom is -0.486 e. The normalized spacial score (nSPS) is 11.7. The maximum Gasteiger partial charge on any atom is 0.276 e. The highest BCUT2D eigenvalue weighted by atomic mass is 32.2. The van der Waals surface area contributed by atoms with Crippen molar-refractivity contribution in [3.05, 3.63) is 83.1 Å². The topological polar surface area (TPSA) is 80.9 Å². The van der Waals surface area contributed by atoms with E-state index in [1.807, 2.05) is 6.92 Å². The van der Waals surface area contributed by atoms with Gasteiger partial charge in [0.1, 0.15) is 29.7 Å². The van der Waals surface area contributed by atoms with Gasteiger partial charge in [0.05, 0.1) is 11.1 Å². The van der Waals surface area contributed by atoms with E-state index in [2.05, 4.69) is 9.93 Å². The third kappa shape index (κ3) is 4.98. The molecule has 6 nitrogen and oxygen atoms in total. The standard InChI is InChI=1S/C20H19FN2O4S/c1-14-3-10-20(15(2)11-14)28(24,25)23-22-12-18-8-9-19(27-18)13-26-17-6-4-16(21)5-7-17/h3-12,23H,13H2,1-2H3/b22-12-. The molecule has 0 unspecified atom stereocenters. The predicted molar refractivity (Wildman–Crippen MR) is 103 cm³/mol. The summed E-state index contributed by atoms with van der Waals surface area (Å²) in [6.07, 6.45) is 1.27. The molecule has 0 saturated heterocycles. The fourth-order valence-electron chi connectivity index (χ4n) is 2.54. The average molecular weight is 402 g/mol. The maximum absolute atomic E-state index is 12.9. The van der Waals surface area contributed by atoms with Crippen LogP contribution < -0.4 is 9.57 Å². The Hall–Kier alpha value is -3.13. The van der Waals surface area contributed by atoms with E-state index < -0.39 is 10.0 Å². The van der Waals surface area contributed by atoms with Crippen molar-refractivity contribution in [1.82, 2.24) is 4.83 Å². The van der Waals surface area contributed by atoms with Crippen LogP contribution in [-0.2, 0) is 16.6 Å². The lowest BCUT2D eigenvalue weighted by Crippen LogP contribution is -2.19. The molecule has 8 heteroatoms. The molecule has 1 aromatic heterocycles. The zero-order valence-electron chi connectivity index (χ0n) is 15.3. The lowest BCUT2D eigenvalue weighted by molar-refractivity contribution is 0.269. The molecule has 1 heterocycles. The van der Waals surface area contributed by atoms with E-state index in [-0.39, 0.29) is 17.3 Å². The molecule has 0 aliphatic rings. The molecule has 0 bridgehead atoms. The summed E-state index contributed by atoms with van der Waals surface area (Å²) in [7, 11) is -3.77. The van der Waals surface area contributed by atoms with Crippen LogP contribution in [0.25, 0.3) is 0 Å². The third-order valence-corrected chi connectivity index (χ3v) is 5.24. The van der Waals surface area contributed by atoms with Crippen LogP contribution in [0.1, 0.15) is 22.6 Å². The summed E-state index contributed by atoms with van der Waals surface area (Å²) in [6, 6.07) is 14.0. The van der Waals surface area contributed by atoms with Gasteiger partial charge >= 0.3 is 0 Å². The quantitative estimate of drug-likeness (QED) is 0.480. The molecule has 0 atom stereocenters. The van der Waals surface area contributed by atoms with Crippen LogP contribution in [0.2, 0.25) is 0 Å². The van der Waals surface area contributed by atoms with Crippen molar-refractivity contribution in [3.8, 4) is 5.75 Å². The summed E-state index contributed by atoms with van der Waals surface area (Å²) in [4.78, 5) is 2.34. The number of hydrogen-bond acceptors (Lipinski definition) is 5. The Morgan fingerprint density at radius 2 is 1.86 bits per heavy atom. The van der Waals surface area contributed by atoms with E-state index in [9.17, 15) is 12.8 Å². The molecule has 0 amide bonds. The molecule has 0 aliphatic carbocycles. The highest BCUT2D eigenvalue weighted by Gasteiger charge is 2.15. The van der Waals surface area contributed by atoms with Crippen molar-refractivity contribution in [2.75, 3.05) is 0 Å². The van der Waals surface area contributed by atoms with Gasteiger partial charge in [-0.3, -0.25) is 0 Å². The Morgan fingerprint density at radius 3 is 2.57 bits per heavy atom. The molecular formula is C20H19FN2O4S. The molecule has 28 heavy (non-hydrogen) atoms. The predicted octanol–water partition coefficient (Wildman–Crippen LogP) is 3.93. The number of halogens is 1. The third-order valence-electron chi connectivity index (χ3n) is 3.86. The van der Waals surface area contributed by atoms with E-state index in [0.717, 1.165) is 5.56 Å². The molecule has 0 aliphatic heterocycles. The summed E-state index contributed by atoms with van der Waals surface area (Å²) >= 11 is 0. The van der Waals surface area contributed by atoms with Gasteiger partial charge in [0.2, 0.25) is 0 Å². The van der Waals surface area contributed by atoms with Crippen LogP contribution in [-0.4, -0.2) is 14.6 Å². The second kappa shape index (κ2) is 8.26. The van der Waals surface area contributed by atoms with Crippen LogP contribution in [0.3, 0.4) is 0 Å². The lowest BCUT2D eigenvalue weighted by atomic mass is 10.2. The van der Waals surface area contributed by atoms with Gasteiger partial charge < -0.3 is 9.15 Å². The average Bonchev–Trinajstić information content (AvgIpc) is 3.08. The van der Waals surface area contributed by atoms with Crippen molar-refractivity contribution < 1.29 is 22.0 Å². The van der Waals surface area contributed by atoms with E-state index in [1.54, 1.807) is 37.3 Å². The molecule has 0 fully saturated rings. The number of benzene rings is 2. The molecule has 0 radical (unpaired) electrons. The van der Waals surface area contributed by atoms with Gasteiger partial charge in [0, 0.05) is 0 Å². The molecule has 0 saturated carbocycles. The number of nitrogens with zero attached hydrogens (tertiary/aromatic N) is 1. The van der Waals surface area contributed by atoms with Crippen LogP contribution >= 0.6 is 0 Å². The summed E-state index contributed by atoms with van der Waals surface area (Å²) in [5.74, 6) is 1.05. The van der Waals surface area contributed by atoms with E-state index in [1.165, 1.54) is 30.5 Å². The maximum atomic E-state index is 12.9. The number of aryl methyl sites for hydroxylation is 2. The molecule has 146 valence electrons. The summed E-state index contributed by atoms with van der Waals surface area (Å²) in [5.41, 5.74) is 1.62.